The Labute approximate surface area is 145 Å². The van der Waals surface area contributed by atoms with E-state index in [4.69, 9.17) is 0 Å². The molecule has 0 aliphatic heterocycles. The summed E-state index contributed by atoms with van der Waals surface area (Å²) in [7, 11) is 0. The van der Waals surface area contributed by atoms with Crippen molar-refractivity contribution in [1.29, 1.82) is 0 Å². The van der Waals surface area contributed by atoms with E-state index in [0.29, 0.717) is 17.1 Å². The summed E-state index contributed by atoms with van der Waals surface area (Å²) >= 11 is 0. The van der Waals surface area contributed by atoms with E-state index in [1.165, 1.54) is 6.08 Å². The van der Waals surface area contributed by atoms with E-state index in [1.807, 2.05) is 36.4 Å². The van der Waals surface area contributed by atoms with Crippen molar-refractivity contribution in [2.75, 3.05) is 5.32 Å². The second-order valence-electron chi connectivity index (χ2n) is 5.00. The molecule has 0 fully saturated rings. The molecule has 0 bridgehead atoms. The number of aromatic nitrogens is 3. The van der Waals surface area contributed by atoms with Crippen LogP contribution in [0.5, 0.6) is 0 Å². The number of pyridine rings is 1. The summed E-state index contributed by atoms with van der Waals surface area (Å²) in [5.41, 5.74) is 2.78. The van der Waals surface area contributed by atoms with Gasteiger partial charge in [-0.15, -0.1) is 0 Å². The van der Waals surface area contributed by atoms with Crippen LogP contribution in [0, 0.1) is 11.8 Å². The van der Waals surface area contributed by atoms with Crippen LogP contribution in [0.25, 0.3) is 6.08 Å². The van der Waals surface area contributed by atoms with E-state index < -0.39 is 0 Å². The fourth-order valence-electron chi connectivity index (χ4n) is 1.99. The maximum atomic E-state index is 12.0. The summed E-state index contributed by atoms with van der Waals surface area (Å²) < 4.78 is 0. The number of benzene rings is 1. The van der Waals surface area contributed by atoms with E-state index in [9.17, 15) is 4.79 Å². The first-order valence-corrected chi connectivity index (χ1v) is 7.58. The minimum absolute atomic E-state index is 0.250. The zero-order valence-electron chi connectivity index (χ0n) is 13.3. The van der Waals surface area contributed by atoms with E-state index >= 15 is 0 Å². The lowest BCUT2D eigenvalue weighted by molar-refractivity contribution is -0.111. The Morgan fingerprint density at radius 1 is 1.00 bits per heavy atom. The third kappa shape index (κ3) is 5.12. The molecular formula is C20H14N4O. The molecule has 0 aliphatic rings. The van der Waals surface area contributed by atoms with Crippen LogP contribution in [0.3, 0.4) is 0 Å². The quantitative estimate of drug-likeness (QED) is 0.593. The van der Waals surface area contributed by atoms with Crippen molar-refractivity contribution in [3.8, 4) is 11.8 Å². The largest absolute Gasteiger partial charge is 0.322 e. The van der Waals surface area contributed by atoms with Crippen molar-refractivity contribution in [2.45, 2.75) is 0 Å². The first-order valence-electron chi connectivity index (χ1n) is 7.58. The van der Waals surface area contributed by atoms with Crippen LogP contribution in [-0.2, 0) is 4.79 Å². The second-order valence-corrected chi connectivity index (χ2v) is 5.00. The predicted octanol–water partition coefficient (Wildman–Crippen LogP) is 2.92. The Hall–Kier alpha value is -3.78. The smallest absolute Gasteiger partial charge is 0.248 e. The van der Waals surface area contributed by atoms with Gasteiger partial charge in [-0.1, -0.05) is 18.1 Å². The van der Waals surface area contributed by atoms with Crippen molar-refractivity contribution in [3.05, 3.63) is 90.3 Å². The second kappa shape index (κ2) is 8.18. The lowest BCUT2D eigenvalue weighted by atomic mass is 10.2. The highest BCUT2D eigenvalue weighted by atomic mass is 16.1. The fraction of sp³-hybridized carbons (Fsp3) is 0. The van der Waals surface area contributed by atoms with Crippen LogP contribution in [0.4, 0.5) is 5.69 Å². The SMILES string of the molecule is O=C(C=Cc1cnccn1)Nc1cccc(C#Cc2ccccn2)c1. The zero-order valence-corrected chi connectivity index (χ0v) is 13.3. The third-order valence-corrected chi connectivity index (χ3v) is 3.12. The van der Waals surface area contributed by atoms with Crippen molar-refractivity contribution in [1.82, 2.24) is 15.0 Å². The molecule has 0 radical (unpaired) electrons. The standard InChI is InChI=1S/C20H14N4O/c25-20(10-9-19-15-21-12-13-23-19)24-18-6-3-4-16(14-18)7-8-17-5-1-2-11-22-17/h1-6,9-15H,(H,24,25). The Kier molecular flexibility index (Phi) is 5.26. The predicted molar refractivity (Wildman–Crippen MR) is 96.4 cm³/mol. The van der Waals surface area contributed by atoms with Crippen molar-refractivity contribution < 1.29 is 4.79 Å². The van der Waals surface area contributed by atoms with Crippen molar-refractivity contribution in [2.24, 2.45) is 0 Å². The Morgan fingerprint density at radius 3 is 2.76 bits per heavy atom. The highest BCUT2D eigenvalue weighted by molar-refractivity contribution is 6.01. The van der Waals surface area contributed by atoms with E-state index in [1.54, 1.807) is 36.9 Å². The summed E-state index contributed by atoms with van der Waals surface area (Å²) in [5, 5.41) is 2.79. The number of hydrogen-bond donors (Lipinski definition) is 1. The summed E-state index contributed by atoms with van der Waals surface area (Å²) in [6.45, 7) is 0. The number of amides is 1. The first-order chi connectivity index (χ1) is 12.3. The van der Waals surface area contributed by atoms with Crippen LogP contribution in [0.15, 0.2) is 73.3 Å². The average Bonchev–Trinajstić information content (AvgIpc) is 2.67. The number of carbonyl (C=O) groups excluding carboxylic acids is 1. The fourth-order valence-corrected chi connectivity index (χ4v) is 1.99. The molecule has 0 saturated carbocycles. The van der Waals surface area contributed by atoms with Gasteiger partial charge in [0.05, 0.1) is 11.9 Å². The van der Waals surface area contributed by atoms with Gasteiger partial charge in [-0.05, 0) is 42.3 Å². The van der Waals surface area contributed by atoms with Gasteiger partial charge in [0.1, 0.15) is 5.69 Å². The summed E-state index contributed by atoms with van der Waals surface area (Å²) in [6.07, 6.45) is 9.45. The maximum absolute atomic E-state index is 12.0. The Bertz CT molecular complexity index is 941. The lowest BCUT2D eigenvalue weighted by Crippen LogP contribution is -2.07. The molecule has 3 aromatic rings. The number of nitrogens with zero attached hydrogens (tertiary/aromatic N) is 3. The number of hydrogen-bond acceptors (Lipinski definition) is 4. The third-order valence-electron chi connectivity index (χ3n) is 3.12. The van der Waals surface area contributed by atoms with Gasteiger partial charge in [-0.2, -0.15) is 0 Å². The van der Waals surface area contributed by atoms with Gasteiger partial charge < -0.3 is 5.32 Å². The molecule has 120 valence electrons. The molecule has 2 heterocycles. The lowest BCUT2D eigenvalue weighted by Gasteiger charge is -2.02. The Balaban J connectivity index is 1.67. The summed E-state index contributed by atoms with van der Waals surface area (Å²) in [4.78, 5) is 24.1. The molecule has 0 aliphatic carbocycles. The first kappa shape index (κ1) is 16.1. The molecular weight excluding hydrogens is 312 g/mol. The number of rotatable bonds is 3. The zero-order chi connectivity index (χ0) is 17.3. The normalized spacial score (nSPS) is 10.1. The molecule has 0 saturated heterocycles. The van der Waals surface area contributed by atoms with Gasteiger partial charge in [-0.25, -0.2) is 4.98 Å². The molecule has 0 unspecified atom stereocenters. The monoisotopic (exact) mass is 326 g/mol. The maximum Gasteiger partial charge on any atom is 0.248 e. The molecule has 0 atom stereocenters. The Morgan fingerprint density at radius 2 is 1.96 bits per heavy atom. The van der Waals surface area contributed by atoms with Gasteiger partial charge in [0.25, 0.3) is 0 Å². The molecule has 5 nitrogen and oxygen atoms in total. The summed E-state index contributed by atoms with van der Waals surface area (Å²) in [5.74, 6) is 5.77. The van der Waals surface area contributed by atoms with Crippen LogP contribution >= 0.6 is 0 Å². The minimum Gasteiger partial charge on any atom is -0.322 e. The summed E-state index contributed by atoms with van der Waals surface area (Å²) in [6, 6.07) is 12.9. The number of anilines is 1. The van der Waals surface area contributed by atoms with Crippen molar-refractivity contribution in [3.63, 3.8) is 0 Å². The van der Waals surface area contributed by atoms with E-state index in [2.05, 4.69) is 32.1 Å². The molecule has 0 spiro atoms. The number of nitrogens with one attached hydrogen (secondary N) is 1. The molecule has 5 heteroatoms. The highest BCUT2D eigenvalue weighted by Crippen LogP contribution is 2.10. The molecule has 1 aromatic carbocycles. The van der Waals surface area contributed by atoms with Gasteiger partial charge in [0.15, 0.2) is 0 Å². The van der Waals surface area contributed by atoms with E-state index in [-0.39, 0.29) is 5.91 Å². The van der Waals surface area contributed by atoms with Gasteiger partial charge in [-0.3, -0.25) is 14.8 Å². The molecule has 3 rings (SSSR count). The van der Waals surface area contributed by atoms with Crippen LogP contribution in [-0.4, -0.2) is 20.9 Å². The average molecular weight is 326 g/mol. The number of carbonyl (C=O) groups is 1. The van der Waals surface area contributed by atoms with Crippen LogP contribution in [0.2, 0.25) is 0 Å². The molecule has 1 N–H and O–H groups in total. The molecule has 2 aromatic heterocycles. The van der Waals surface area contributed by atoms with Gasteiger partial charge in [0.2, 0.25) is 5.91 Å². The highest BCUT2D eigenvalue weighted by Gasteiger charge is 1.99. The van der Waals surface area contributed by atoms with Gasteiger partial charge >= 0.3 is 0 Å². The molecule has 25 heavy (non-hydrogen) atoms. The van der Waals surface area contributed by atoms with Crippen molar-refractivity contribution >= 4 is 17.7 Å². The van der Waals surface area contributed by atoms with Crippen LogP contribution < -0.4 is 5.32 Å². The van der Waals surface area contributed by atoms with E-state index in [0.717, 1.165) is 5.56 Å². The topological polar surface area (TPSA) is 67.8 Å². The van der Waals surface area contributed by atoms with Gasteiger partial charge in [0, 0.05) is 35.9 Å². The molecule has 1 amide bonds. The van der Waals surface area contributed by atoms with Crippen LogP contribution in [0.1, 0.15) is 17.0 Å². The minimum atomic E-state index is -0.250.